The Morgan fingerprint density at radius 3 is 1.89 bits per heavy atom. The summed E-state index contributed by atoms with van der Waals surface area (Å²) >= 11 is 0. The Balaban J connectivity index is 0.00000235. The molecule has 46 heavy (non-hydrogen) atoms. The topological polar surface area (TPSA) is 93.7 Å². The number of carbonyl (C=O) groups excluding carboxylic acids is 3. The number of alkyl carbamates (subject to hydrolysis) is 2. The van der Waals surface area contributed by atoms with E-state index in [4.69, 9.17) is 9.47 Å². The highest BCUT2D eigenvalue weighted by molar-refractivity contribution is 5.82. The van der Waals surface area contributed by atoms with Crippen LogP contribution in [-0.4, -0.2) is 44.0 Å². The largest absolute Gasteiger partial charge is 0.449 e. The van der Waals surface area contributed by atoms with Crippen LogP contribution in [0.2, 0.25) is 0 Å². The van der Waals surface area contributed by atoms with Gasteiger partial charge in [-0.15, -0.1) is 0 Å². The fourth-order valence-electron chi connectivity index (χ4n) is 6.23. The van der Waals surface area contributed by atoms with Gasteiger partial charge in [-0.25, -0.2) is 9.59 Å². The van der Waals surface area contributed by atoms with Crippen LogP contribution in [0.1, 0.15) is 81.0 Å². The van der Waals surface area contributed by atoms with Crippen molar-refractivity contribution < 1.29 is 28.2 Å². The highest BCUT2D eigenvalue weighted by Crippen LogP contribution is 2.45. The van der Waals surface area contributed by atoms with Gasteiger partial charge in [0.25, 0.3) is 0 Å². The number of ether oxygens (including phenoxy) is 2. The smallest absolute Gasteiger partial charge is 0.407 e. The van der Waals surface area contributed by atoms with Crippen molar-refractivity contribution in [2.24, 2.45) is 0 Å². The average molecular weight is 627 g/mol. The molecule has 3 aromatic rings. The maximum atomic E-state index is 13.8. The van der Waals surface area contributed by atoms with Crippen LogP contribution in [0, 0.1) is 0 Å². The molecule has 2 amide bonds. The SMILES string of the molecule is C/C=C\C1=C(C)c2ccccc2C1COC(=O)NCCCCC(NC(=O)OCC1c2ccccc2-c2ccccc21)C(=O)F.CC. The van der Waals surface area contributed by atoms with Crippen molar-refractivity contribution in [2.45, 2.75) is 64.8 Å². The van der Waals surface area contributed by atoms with Crippen molar-refractivity contribution in [3.8, 4) is 11.1 Å². The lowest BCUT2D eigenvalue weighted by Gasteiger charge is -2.17. The minimum absolute atomic E-state index is 0.0338. The highest BCUT2D eigenvalue weighted by atomic mass is 19.1. The van der Waals surface area contributed by atoms with Crippen molar-refractivity contribution in [1.29, 1.82) is 0 Å². The second-order valence-corrected chi connectivity index (χ2v) is 11.1. The molecule has 0 aliphatic heterocycles. The molecule has 2 aliphatic carbocycles. The van der Waals surface area contributed by atoms with Crippen molar-refractivity contribution in [2.75, 3.05) is 19.8 Å². The molecule has 0 aromatic heterocycles. The van der Waals surface area contributed by atoms with Gasteiger partial charge in [-0.2, -0.15) is 4.39 Å². The van der Waals surface area contributed by atoms with Gasteiger partial charge in [0.1, 0.15) is 19.3 Å². The molecule has 0 saturated heterocycles. The molecule has 0 saturated carbocycles. The van der Waals surface area contributed by atoms with Crippen LogP contribution in [0.4, 0.5) is 14.0 Å². The molecular weight excluding hydrogens is 583 g/mol. The van der Waals surface area contributed by atoms with Crippen molar-refractivity contribution in [3.63, 3.8) is 0 Å². The molecule has 2 atom stereocenters. The Hall–Kier alpha value is -4.72. The molecule has 7 nitrogen and oxygen atoms in total. The summed E-state index contributed by atoms with van der Waals surface area (Å²) in [6.07, 6.45) is 3.59. The number of halogens is 1. The lowest BCUT2D eigenvalue weighted by Crippen LogP contribution is -2.40. The predicted octanol–water partition coefficient (Wildman–Crippen LogP) is 8.46. The molecule has 0 bridgehead atoms. The van der Waals surface area contributed by atoms with Gasteiger partial charge >= 0.3 is 18.2 Å². The van der Waals surface area contributed by atoms with E-state index in [0.29, 0.717) is 12.8 Å². The zero-order valence-electron chi connectivity index (χ0n) is 27.0. The number of unbranched alkanes of at least 4 members (excludes halogenated alkanes) is 1. The van der Waals surface area contributed by atoms with E-state index in [2.05, 4.69) is 35.8 Å². The van der Waals surface area contributed by atoms with E-state index in [1.165, 1.54) is 11.1 Å². The predicted molar refractivity (Wildman–Crippen MR) is 179 cm³/mol. The number of hydrogen-bond acceptors (Lipinski definition) is 5. The minimum Gasteiger partial charge on any atom is -0.449 e. The van der Waals surface area contributed by atoms with Gasteiger partial charge in [0, 0.05) is 18.4 Å². The summed E-state index contributed by atoms with van der Waals surface area (Å²) in [5.41, 5.74) is 8.92. The quantitative estimate of drug-likeness (QED) is 0.155. The van der Waals surface area contributed by atoms with Gasteiger partial charge in [0.05, 0.1) is 0 Å². The number of nitrogens with one attached hydrogen (secondary N) is 2. The van der Waals surface area contributed by atoms with Crippen LogP contribution >= 0.6 is 0 Å². The first-order chi connectivity index (χ1) is 22.4. The Labute approximate surface area is 270 Å². The Morgan fingerprint density at radius 1 is 0.783 bits per heavy atom. The number of hydrogen-bond donors (Lipinski definition) is 2. The van der Waals surface area contributed by atoms with Gasteiger partial charge in [-0.3, -0.25) is 4.79 Å². The molecule has 8 heteroatoms. The van der Waals surface area contributed by atoms with E-state index >= 15 is 0 Å². The van der Waals surface area contributed by atoms with E-state index in [1.54, 1.807) is 0 Å². The molecule has 0 heterocycles. The molecule has 242 valence electrons. The minimum atomic E-state index is -1.64. The van der Waals surface area contributed by atoms with Crippen LogP contribution in [0.15, 0.2) is 90.5 Å². The summed E-state index contributed by atoms with van der Waals surface area (Å²) in [5.74, 6) is -0.176. The number of rotatable bonds is 12. The van der Waals surface area contributed by atoms with Crippen LogP contribution in [-0.2, 0) is 14.3 Å². The van der Waals surface area contributed by atoms with E-state index < -0.39 is 24.3 Å². The maximum absolute atomic E-state index is 13.8. The van der Waals surface area contributed by atoms with Crippen molar-refractivity contribution in [3.05, 3.63) is 113 Å². The fourth-order valence-corrected chi connectivity index (χ4v) is 6.23. The first-order valence-electron chi connectivity index (χ1n) is 16.0. The standard InChI is InChI=1S/C36H37FN2O5.C2H6/c1-3-12-24-23(2)25-13-4-5-14-26(25)31(24)21-43-35(41)38-20-11-10-19-33(34(37)40)39-36(42)44-22-32-29-17-8-6-15-27(29)28-16-7-9-18-30(28)32;1-2/h3-9,12-18,31-33H,10-11,19-22H2,1-2H3,(H,38,41)(H,39,42);1-2H3/b12-3-;. The van der Waals surface area contributed by atoms with Crippen LogP contribution in [0.5, 0.6) is 0 Å². The third-order valence-electron chi connectivity index (χ3n) is 8.37. The van der Waals surface area contributed by atoms with Crippen molar-refractivity contribution >= 4 is 23.8 Å². The summed E-state index contributed by atoms with van der Waals surface area (Å²) in [6, 6.07) is 21.1. The van der Waals surface area contributed by atoms with Crippen molar-refractivity contribution in [1.82, 2.24) is 10.6 Å². The number of fused-ring (bicyclic) bond motifs is 4. The summed E-state index contributed by atoms with van der Waals surface area (Å²) in [5, 5.41) is 5.07. The lowest BCUT2D eigenvalue weighted by molar-refractivity contribution is -0.131. The maximum Gasteiger partial charge on any atom is 0.407 e. The fraction of sp³-hybridized carbons (Fsp3) is 0.342. The molecule has 2 unspecified atom stereocenters. The van der Waals surface area contributed by atoms with E-state index in [1.807, 2.05) is 87.5 Å². The molecule has 0 spiro atoms. The number of amides is 2. The average Bonchev–Trinajstić information content (AvgIpc) is 3.54. The Morgan fingerprint density at radius 2 is 1.30 bits per heavy atom. The number of carbonyl (C=O) groups is 3. The van der Waals surface area contributed by atoms with Gasteiger partial charge in [-0.1, -0.05) is 98.8 Å². The Bertz CT molecular complexity index is 1550. The highest BCUT2D eigenvalue weighted by Gasteiger charge is 2.30. The van der Waals surface area contributed by atoms with E-state index in [9.17, 15) is 18.8 Å². The summed E-state index contributed by atoms with van der Waals surface area (Å²) in [7, 11) is 0. The number of allylic oxidation sites excluding steroid dienone is 3. The van der Waals surface area contributed by atoms with Gasteiger partial charge in [0.15, 0.2) is 0 Å². The molecule has 0 radical (unpaired) electrons. The second-order valence-electron chi connectivity index (χ2n) is 11.1. The first-order valence-corrected chi connectivity index (χ1v) is 16.0. The third-order valence-corrected chi connectivity index (χ3v) is 8.37. The van der Waals surface area contributed by atoms with Crippen LogP contribution in [0.3, 0.4) is 0 Å². The number of benzene rings is 3. The zero-order valence-corrected chi connectivity index (χ0v) is 27.0. The van der Waals surface area contributed by atoms with Gasteiger partial charge < -0.3 is 20.1 Å². The molecule has 3 aromatic carbocycles. The van der Waals surface area contributed by atoms with E-state index in [-0.39, 0.29) is 38.0 Å². The van der Waals surface area contributed by atoms with Gasteiger partial charge in [-0.05, 0) is 77.6 Å². The van der Waals surface area contributed by atoms with E-state index in [0.717, 1.165) is 33.4 Å². The first kappa shape index (κ1) is 34.2. The molecule has 2 N–H and O–H groups in total. The second kappa shape index (κ2) is 16.5. The molecule has 2 aliphatic rings. The molecule has 5 rings (SSSR count). The molecular formula is C38H43FN2O5. The summed E-state index contributed by atoms with van der Waals surface area (Å²) in [6.45, 7) is 8.60. The van der Waals surface area contributed by atoms with Crippen LogP contribution in [0.25, 0.3) is 16.7 Å². The third kappa shape index (κ3) is 7.91. The normalized spacial score (nSPS) is 15.3. The molecule has 0 fully saturated rings. The summed E-state index contributed by atoms with van der Waals surface area (Å²) < 4.78 is 24.7. The van der Waals surface area contributed by atoms with Gasteiger partial charge in [0.2, 0.25) is 0 Å². The lowest BCUT2D eigenvalue weighted by atomic mass is 9.96. The summed E-state index contributed by atoms with van der Waals surface area (Å²) in [4.78, 5) is 36.5. The Kier molecular flexibility index (Phi) is 12.3. The van der Waals surface area contributed by atoms with Crippen LogP contribution < -0.4 is 10.6 Å². The zero-order chi connectivity index (χ0) is 33.1. The monoisotopic (exact) mass is 626 g/mol.